The zero-order valence-corrected chi connectivity index (χ0v) is 25.2. The molecule has 6 rings (SSSR count). The molecule has 1 aromatic heterocycles. The molecule has 44 heavy (non-hydrogen) atoms. The fourth-order valence-corrected chi connectivity index (χ4v) is 6.27. The Hall–Kier alpha value is -4.67. The van der Waals surface area contributed by atoms with E-state index in [0.29, 0.717) is 24.0 Å². The average Bonchev–Trinajstić information content (AvgIpc) is 3.63. The highest BCUT2D eigenvalue weighted by Gasteiger charge is 2.39. The molecule has 2 aliphatic heterocycles. The minimum atomic E-state index is -0.801. The number of aryl methyl sites for hydroxylation is 1. The van der Waals surface area contributed by atoms with Crippen LogP contribution in [0.5, 0.6) is 11.5 Å². The van der Waals surface area contributed by atoms with Crippen molar-refractivity contribution < 1.29 is 33.4 Å². The second-order valence-corrected chi connectivity index (χ2v) is 11.0. The monoisotopic (exact) mass is 597 g/mol. The summed E-state index contributed by atoms with van der Waals surface area (Å²) in [5.74, 6) is -0.928. The number of nitrogens with one attached hydrogen (secondary N) is 1. The predicted molar refractivity (Wildman–Crippen MR) is 163 cm³/mol. The van der Waals surface area contributed by atoms with Crippen LogP contribution in [0.25, 0.3) is 10.9 Å². The highest BCUT2D eigenvalue weighted by atomic mass is 16.7. The summed E-state index contributed by atoms with van der Waals surface area (Å²) in [4.78, 5) is 49.8. The molecule has 10 nitrogen and oxygen atoms in total. The molecule has 4 aromatic rings. The third kappa shape index (κ3) is 5.31. The van der Waals surface area contributed by atoms with Crippen LogP contribution in [0, 0.1) is 6.92 Å². The van der Waals surface area contributed by atoms with E-state index in [4.69, 9.17) is 19.0 Å². The van der Waals surface area contributed by atoms with Crippen molar-refractivity contribution in [3.63, 3.8) is 0 Å². The maximum Gasteiger partial charge on any atom is 0.363 e. The van der Waals surface area contributed by atoms with E-state index in [0.717, 1.165) is 52.7 Å². The van der Waals surface area contributed by atoms with Crippen molar-refractivity contribution in [3.05, 3.63) is 94.2 Å². The third-order valence-corrected chi connectivity index (χ3v) is 8.52. The Bertz CT molecular complexity index is 1730. The summed E-state index contributed by atoms with van der Waals surface area (Å²) in [7, 11) is 3.17. The predicted octanol–water partition coefficient (Wildman–Crippen LogP) is 5.60. The van der Waals surface area contributed by atoms with Gasteiger partial charge in [0.05, 0.1) is 37.0 Å². The summed E-state index contributed by atoms with van der Waals surface area (Å²) in [6.45, 7) is 6.22. The van der Waals surface area contributed by atoms with Gasteiger partial charge >= 0.3 is 5.97 Å². The molecule has 2 amide bonds. The molecule has 1 saturated heterocycles. The van der Waals surface area contributed by atoms with Crippen LogP contribution in [0.15, 0.2) is 60.8 Å². The number of carbonyl (C=O) groups excluding carboxylic acids is 3. The van der Waals surface area contributed by atoms with Crippen LogP contribution in [0.1, 0.15) is 73.6 Å². The normalized spacial score (nSPS) is 18.5. The number of benzene rings is 3. The number of carbonyl (C=O) groups is 3. The van der Waals surface area contributed by atoms with Crippen LogP contribution in [-0.2, 0) is 16.1 Å². The van der Waals surface area contributed by atoms with Crippen molar-refractivity contribution in [1.82, 2.24) is 14.9 Å². The second kappa shape index (κ2) is 12.1. The first-order chi connectivity index (χ1) is 21.3. The van der Waals surface area contributed by atoms with E-state index < -0.39 is 17.8 Å². The molecular weight excluding hydrogens is 562 g/mol. The molecule has 3 aromatic carbocycles. The van der Waals surface area contributed by atoms with Gasteiger partial charge in [0.15, 0.2) is 0 Å². The molecule has 2 aliphatic rings. The summed E-state index contributed by atoms with van der Waals surface area (Å²) >= 11 is 0. The van der Waals surface area contributed by atoms with Gasteiger partial charge < -0.3 is 24.0 Å². The Morgan fingerprint density at radius 3 is 2.48 bits per heavy atom. The summed E-state index contributed by atoms with van der Waals surface area (Å²) in [5.41, 5.74) is 4.87. The lowest BCUT2D eigenvalue weighted by atomic mass is 9.91. The molecular formula is C34H35N3O7. The van der Waals surface area contributed by atoms with Crippen LogP contribution >= 0.6 is 0 Å². The molecule has 3 heterocycles. The van der Waals surface area contributed by atoms with Gasteiger partial charge in [-0.15, -0.1) is 0 Å². The van der Waals surface area contributed by atoms with Gasteiger partial charge in [-0.1, -0.05) is 17.2 Å². The smallest absolute Gasteiger partial charge is 0.363 e. The lowest BCUT2D eigenvalue weighted by Crippen LogP contribution is -2.39. The number of piperidine rings is 1. The molecule has 1 unspecified atom stereocenters. The van der Waals surface area contributed by atoms with Crippen molar-refractivity contribution >= 4 is 28.7 Å². The van der Waals surface area contributed by atoms with Gasteiger partial charge in [0.1, 0.15) is 11.5 Å². The first-order valence-corrected chi connectivity index (χ1v) is 14.7. The van der Waals surface area contributed by atoms with E-state index in [9.17, 15) is 14.4 Å². The zero-order valence-electron chi connectivity index (χ0n) is 25.2. The first kappa shape index (κ1) is 29.4. The number of nitrogens with zero attached hydrogens (tertiary/aromatic N) is 2. The maximum atomic E-state index is 13.1. The van der Waals surface area contributed by atoms with E-state index in [1.165, 1.54) is 19.2 Å². The number of aromatic nitrogens is 1. The Kier molecular flexibility index (Phi) is 8.11. The number of rotatable bonds is 9. The van der Waals surface area contributed by atoms with Crippen molar-refractivity contribution in [2.75, 3.05) is 27.4 Å². The van der Waals surface area contributed by atoms with Gasteiger partial charge in [-0.3, -0.25) is 14.5 Å². The number of aromatic amines is 1. The summed E-state index contributed by atoms with van der Waals surface area (Å²) in [5, 5.41) is 1.64. The zero-order chi connectivity index (χ0) is 31.0. The number of fused-ring (bicyclic) bond motifs is 2. The van der Waals surface area contributed by atoms with Crippen molar-refractivity contribution in [2.45, 2.75) is 45.4 Å². The number of imide groups is 1. The summed E-state index contributed by atoms with van der Waals surface area (Å²) in [6, 6.07) is 15.8. The number of ether oxygens (including phenoxy) is 3. The molecule has 0 saturated carbocycles. The van der Waals surface area contributed by atoms with Crippen LogP contribution in [-0.4, -0.2) is 66.2 Å². The van der Waals surface area contributed by atoms with Crippen LogP contribution < -0.4 is 9.47 Å². The topological polar surface area (TPSA) is 110 Å². The quantitative estimate of drug-likeness (QED) is 0.248. The number of hydroxylamine groups is 2. The molecule has 0 spiro atoms. The van der Waals surface area contributed by atoms with Crippen LogP contribution in [0.4, 0.5) is 0 Å². The summed E-state index contributed by atoms with van der Waals surface area (Å²) in [6.07, 6.45) is 3.77. The van der Waals surface area contributed by atoms with E-state index in [1.54, 1.807) is 25.3 Å². The largest absolute Gasteiger partial charge is 0.497 e. The number of amides is 2. The van der Waals surface area contributed by atoms with Gasteiger partial charge in [0.25, 0.3) is 11.8 Å². The molecule has 2 atom stereocenters. The van der Waals surface area contributed by atoms with E-state index in [1.807, 2.05) is 25.3 Å². The van der Waals surface area contributed by atoms with Gasteiger partial charge in [-0.05, 0) is 80.3 Å². The number of hydrogen-bond donors (Lipinski definition) is 1. The lowest BCUT2D eigenvalue weighted by Gasteiger charge is -2.40. The molecule has 0 aliphatic carbocycles. The summed E-state index contributed by atoms with van der Waals surface area (Å²) < 4.78 is 17.0. The number of methoxy groups -OCH3 is 2. The van der Waals surface area contributed by atoms with Crippen molar-refractivity contribution in [2.24, 2.45) is 0 Å². The molecule has 228 valence electrons. The second-order valence-electron chi connectivity index (χ2n) is 11.0. The Morgan fingerprint density at radius 1 is 0.977 bits per heavy atom. The minimum Gasteiger partial charge on any atom is -0.497 e. The third-order valence-electron chi connectivity index (χ3n) is 8.52. The van der Waals surface area contributed by atoms with Crippen LogP contribution in [0.3, 0.4) is 0 Å². The fourth-order valence-electron chi connectivity index (χ4n) is 6.27. The van der Waals surface area contributed by atoms with Gasteiger partial charge in [-0.25, -0.2) is 4.79 Å². The van der Waals surface area contributed by atoms with Gasteiger partial charge in [-0.2, -0.15) is 0 Å². The molecule has 0 bridgehead atoms. The van der Waals surface area contributed by atoms with E-state index in [2.05, 4.69) is 28.9 Å². The Balaban J connectivity index is 1.23. The van der Waals surface area contributed by atoms with Crippen molar-refractivity contribution in [1.29, 1.82) is 0 Å². The Morgan fingerprint density at radius 2 is 1.75 bits per heavy atom. The average molecular weight is 598 g/mol. The van der Waals surface area contributed by atoms with E-state index in [-0.39, 0.29) is 28.8 Å². The van der Waals surface area contributed by atoms with Gasteiger partial charge in [0.2, 0.25) is 0 Å². The van der Waals surface area contributed by atoms with Crippen LogP contribution in [0.2, 0.25) is 0 Å². The molecule has 1 fully saturated rings. The number of likely N-dealkylation sites (tertiary alicyclic amines) is 1. The molecule has 10 heteroatoms. The minimum absolute atomic E-state index is 0.0246. The molecule has 1 N–H and O–H groups in total. The highest BCUT2D eigenvalue weighted by Crippen LogP contribution is 2.38. The number of hydrogen-bond acceptors (Lipinski definition) is 8. The standard InChI is InChI=1S/C34H35N3O7/c1-5-43-24-13-15-36(19-28-25-12-14-35-31(25)20(2)16-30(28)42-4)29(18-24)21-6-8-22(9-7-21)34(40)44-37-32(38)26-11-10-23(41-3)17-27(26)33(37)39/h6-12,14,16-17,24,29,35H,5,13,15,18-19H2,1-4H3/t24-,29?/m0/s1. The fraction of sp³-hybridized carbons (Fsp3) is 0.324. The van der Waals surface area contributed by atoms with Gasteiger partial charge in [0, 0.05) is 48.4 Å². The Labute approximate surface area is 255 Å². The highest BCUT2D eigenvalue weighted by molar-refractivity contribution is 6.21. The van der Waals surface area contributed by atoms with Crippen molar-refractivity contribution in [3.8, 4) is 11.5 Å². The number of H-pyrrole nitrogens is 1. The SMILES string of the molecule is CCO[C@H]1CCN(Cc2c(OC)cc(C)c3[nH]ccc23)C(c2ccc(C(=O)ON3C(=O)c4ccc(OC)cc4C3=O)cc2)C1. The maximum absolute atomic E-state index is 13.1. The van der Waals surface area contributed by atoms with E-state index >= 15 is 0 Å². The first-order valence-electron chi connectivity index (χ1n) is 14.7. The molecule has 0 radical (unpaired) electrons. The lowest BCUT2D eigenvalue weighted by molar-refractivity contribution is -0.0584.